The summed E-state index contributed by atoms with van der Waals surface area (Å²) in [5, 5.41) is 5.69. The number of nitrogens with one attached hydrogen (secondary N) is 1. The summed E-state index contributed by atoms with van der Waals surface area (Å²) in [4.78, 5) is 43.6. The zero-order valence-corrected chi connectivity index (χ0v) is 19.2. The standard InChI is InChI=1S/C24H18ClN3O4S/c1-12(21(29)15-5-8-19-18(9-15)27-22(30)13(2)32-19)28-11-26-23-20(24(28)31)17(10-33-23)14-3-6-16(25)7-4-14/h3-13H,1-2H3,(H,27,30). The third kappa shape index (κ3) is 3.71. The van der Waals surface area contributed by atoms with E-state index in [1.54, 1.807) is 44.2 Å². The number of ketones is 1. The number of benzene rings is 2. The van der Waals surface area contributed by atoms with Crippen molar-refractivity contribution in [2.24, 2.45) is 0 Å². The minimum Gasteiger partial charge on any atom is -0.479 e. The number of carbonyl (C=O) groups is 2. The Hall–Kier alpha value is -3.49. The van der Waals surface area contributed by atoms with E-state index in [-0.39, 0.29) is 17.2 Å². The third-order valence-electron chi connectivity index (χ3n) is 5.67. The molecule has 0 aliphatic carbocycles. The number of thiophene rings is 1. The summed E-state index contributed by atoms with van der Waals surface area (Å²) in [7, 11) is 0. The Bertz CT molecular complexity index is 1480. The maximum Gasteiger partial charge on any atom is 0.265 e. The van der Waals surface area contributed by atoms with Crippen molar-refractivity contribution in [2.45, 2.75) is 26.0 Å². The largest absolute Gasteiger partial charge is 0.479 e. The number of carbonyl (C=O) groups excluding carboxylic acids is 2. The van der Waals surface area contributed by atoms with Crippen molar-refractivity contribution in [1.82, 2.24) is 9.55 Å². The molecule has 3 heterocycles. The second-order valence-corrected chi connectivity index (χ2v) is 9.09. The lowest BCUT2D eigenvalue weighted by Gasteiger charge is -2.24. The predicted molar refractivity (Wildman–Crippen MR) is 129 cm³/mol. The number of hydrogen-bond donors (Lipinski definition) is 1. The highest BCUT2D eigenvalue weighted by Gasteiger charge is 2.26. The van der Waals surface area contributed by atoms with Gasteiger partial charge in [0.15, 0.2) is 11.9 Å². The van der Waals surface area contributed by atoms with Gasteiger partial charge in [0.25, 0.3) is 11.5 Å². The molecule has 9 heteroatoms. The Morgan fingerprint density at radius 3 is 2.73 bits per heavy atom. The molecule has 2 aromatic heterocycles. The molecule has 7 nitrogen and oxygen atoms in total. The van der Waals surface area contributed by atoms with Crippen LogP contribution in [0.2, 0.25) is 5.02 Å². The monoisotopic (exact) mass is 479 g/mol. The van der Waals surface area contributed by atoms with Crippen LogP contribution in [0.3, 0.4) is 0 Å². The van der Waals surface area contributed by atoms with Crippen LogP contribution in [0.15, 0.2) is 59.0 Å². The molecular weight excluding hydrogens is 462 g/mol. The van der Waals surface area contributed by atoms with E-state index < -0.39 is 12.1 Å². The highest BCUT2D eigenvalue weighted by atomic mass is 35.5. The van der Waals surface area contributed by atoms with E-state index in [4.69, 9.17) is 16.3 Å². The van der Waals surface area contributed by atoms with Gasteiger partial charge >= 0.3 is 0 Å². The number of nitrogens with zero attached hydrogens (tertiary/aromatic N) is 2. The summed E-state index contributed by atoms with van der Waals surface area (Å²) >= 11 is 7.37. The Kier molecular flexibility index (Phi) is 5.26. The van der Waals surface area contributed by atoms with Gasteiger partial charge in [0.1, 0.15) is 10.6 Å². The summed E-state index contributed by atoms with van der Waals surface area (Å²) in [5.74, 6) is -0.0622. The fourth-order valence-corrected chi connectivity index (χ4v) is 4.83. The molecule has 2 atom stereocenters. The van der Waals surface area contributed by atoms with Crippen LogP contribution in [-0.4, -0.2) is 27.3 Å². The zero-order valence-electron chi connectivity index (χ0n) is 17.7. The number of Topliss-reactive ketones (excluding diaryl/α,β-unsaturated/α-hetero) is 1. The van der Waals surface area contributed by atoms with Crippen molar-refractivity contribution in [3.63, 3.8) is 0 Å². The van der Waals surface area contributed by atoms with Gasteiger partial charge in [-0.05, 0) is 49.7 Å². The van der Waals surface area contributed by atoms with Crippen LogP contribution in [0.5, 0.6) is 5.75 Å². The molecule has 0 spiro atoms. The number of amides is 1. The van der Waals surface area contributed by atoms with Crippen LogP contribution in [0.1, 0.15) is 30.2 Å². The van der Waals surface area contributed by atoms with Gasteiger partial charge in [-0.25, -0.2) is 4.98 Å². The third-order valence-corrected chi connectivity index (χ3v) is 6.80. The Labute approximate surface area is 197 Å². The molecular formula is C24H18ClN3O4S. The van der Waals surface area contributed by atoms with Crippen molar-refractivity contribution in [2.75, 3.05) is 5.32 Å². The Morgan fingerprint density at radius 1 is 1.21 bits per heavy atom. The fraction of sp³-hybridized carbons (Fsp3) is 0.167. The summed E-state index contributed by atoms with van der Waals surface area (Å²) in [5.41, 5.74) is 2.09. The predicted octanol–water partition coefficient (Wildman–Crippen LogP) is 4.94. The van der Waals surface area contributed by atoms with Crippen molar-refractivity contribution in [1.29, 1.82) is 0 Å². The first kappa shape index (κ1) is 21.4. The number of fused-ring (bicyclic) bond motifs is 2. The van der Waals surface area contributed by atoms with Gasteiger partial charge in [0, 0.05) is 21.5 Å². The molecule has 2 unspecified atom stereocenters. The molecule has 2 aromatic carbocycles. The van der Waals surface area contributed by atoms with Gasteiger partial charge in [-0.15, -0.1) is 11.3 Å². The van der Waals surface area contributed by atoms with Crippen LogP contribution < -0.4 is 15.6 Å². The van der Waals surface area contributed by atoms with Crippen LogP contribution in [0, 0.1) is 0 Å². The van der Waals surface area contributed by atoms with E-state index in [0.29, 0.717) is 32.2 Å². The molecule has 4 aromatic rings. The fourth-order valence-electron chi connectivity index (χ4n) is 3.79. The first-order valence-corrected chi connectivity index (χ1v) is 11.5. The van der Waals surface area contributed by atoms with Crippen LogP contribution in [-0.2, 0) is 4.79 Å². The number of anilines is 1. The lowest BCUT2D eigenvalue weighted by molar-refractivity contribution is -0.122. The molecule has 0 saturated heterocycles. The molecule has 0 saturated carbocycles. The number of aromatic nitrogens is 2. The normalized spacial score (nSPS) is 16.1. The Balaban J connectivity index is 1.52. The summed E-state index contributed by atoms with van der Waals surface area (Å²) in [6, 6.07) is 11.3. The first-order chi connectivity index (χ1) is 15.8. The number of hydrogen-bond acceptors (Lipinski definition) is 6. The topological polar surface area (TPSA) is 90.3 Å². The van der Waals surface area contributed by atoms with E-state index >= 15 is 0 Å². The average Bonchev–Trinajstić information content (AvgIpc) is 3.24. The molecule has 0 fully saturated rings. The van der Waals surface area contributed by atoms with E-state index in [2.05, 4.69) is 10.3 Å². The molecule has 5 rings (SSSR count). The van der Waals surface area contributed by atoms with Gasteiger partial charge < -0.3 is 10.1 Å². The zero-order chi connectivity index (χ0) is 23.3. The van der Waals surface area contributed by atoms with E-state index in [1.807, 2.05) is 17.5 Å². The number of halogens is 1. The van der Waals surface area contributed by atoms with E-state index in [0.717, 1.165) is 11.1 Å². The molecule has 1 amide bonds. The molecule has 0 radical (unpaired) electrons. The van der Waals surface area contributed by atoms with Crippen LogP contribution in [0.25, 0.3) is 21.3 Å². The molecule has 1 aliphatic heterocycles. The van der Waals surface area contributed by atoms with Crippen LogP contribution >= 0.6 is 22.9 Å². The van der Waals surface area contributed by atoms with Gasteiger partial charge in [0.05, 0.1) is 23.4 Å². The van der Waals surface area contributed by atoms with Gasteiger partial charge in [-0.1, -0.05) is 23.7 Å². The van der Waals surface area contributed by atoms with Crippen molar-refractivity contribution < 1.29 is 14.3 Å². The minimum absolute atomic E-state index is 0.279. The molecule has 0 bridgehead atoms. The van der Waals surface area contributed by atoms with Crippen LogP contribution in [0.4, 0.5) is 5.69 Å². The Morgan fingerprint density at radius 2 is 1.97 bits per heavy atom. The van der Waals surface area contributed by atoms with E-state index in [9.17, 15) is 14.4 Å². The molecule has 1 aliphatic rings. The summed E-state index contributed by atoms with van der Waals surface area (Å²) in [6.45, 7) is 3.31. The molecule has 1 N–H and O–H groups in total. The SMILES string of the molecule is CC1Oc2ccc(C(=O)C(C)n3cnc4scc(-c5ccc(Cl)cc5)c4c3=O)cc2NC1=O. The minimum atomic E-state index is -0.801. The maximum atomic E-state index is 13.4. The quantitative estimate of drug-likeness (QED) is 0.418. The highest BCUT2D eigenvalue weighted by Crippen LogP contribution is 2.33. The van der Waals surface area contributed by atoms with Crippen molar-refractivity contribution in [3.05, 3.63) is 75.1 Å². The summed E-state index contributed by atoms with van der Waals surface area (Å²) in [6.07, 6.45) is 0.801. The van der Waals surface area contributed by atoms with Gasteiger partial charge in [-0.2, -0.15) is 0 Å². The highest BCUT2D eigenvalue weighted by molar-refractivity contribution is 7.17. The van der Waals surface area contributed by atoms with Crippen molar-refractivity contribution in [3.8, 4) is 16.9 Å². The second kappa shape index (κ2) is 8.13. The average molecular weight is 480 g/mol. The van der Waals surface area contributed by atoms with Gasteiger partial charge in [-0.3, -0.25) is 19.0 Å². The summed E-state index contributed by atoms with van der Waals surface area (Å²) < 4.78 is 6.89. The molecule has 33 heavy (non-hydrogen) atoms. The van der Waals surface area contributed by atoms with Crippen molar-refractivity contribution >= 4 is 50.5 Å². The molecule has 166 valence electrons. The smallest absolute Gasteiger partial charge is 0.265 e. The lowest BCUT2D eigenvalue weighted by Crippen LogP contribution is -2.34. The lowest BCUT2D eigenvalue weighted by atomic mass is 10.0. The van der Waals surface area contributed by atoms with Gasteiger partial charge in [0.2, 0.25) is 0 Å². The number of rotatable bonds is 4. The maximum absolute atomic E-state index is 13.4. The first-order valence-electron chi connectivity index (χ1n) is 10.2. The van der Waals surface area contributed by atoms with E-state index in [1.165, 1.54) is 22.2 Å². The number of ether oxygens (including phenoxy) is 1. The second-order valence-electron chi connectivity index (χ2n) is 7.79.